The quantitative estimate of drug-likeness (QED) is 0.876. The van der Waals surface area contributed by atoms with E-state index in [4.69, 9.17) is 0 Å². The van der Waals surface area contributed by atoms with Crippen molar-refractivity contribution < 1.29 is 5.11 Å². The molecule has 0 radical (unpaired) electrons. The molecule has 0 saturated heterocycles. The lowest BCUT2D eigenvalue weighted by molar-refractivity contribution is 0.395. The number of imidazole rings is 1. The van der Waals surface area contributed by atoms with Gasteiger partial charge in [0.25, 0.3) is 0 Å². The van der Waals surface area contributed by atoms with E-state index < -0.39 is 0 Å². The molecule has 3 heterocycles. The molecule has 0 amide bonds. The Kier molecular flexibility index (Phi) is 2.78. The van der Waals surface area contributed by atoms with Crippen LogP contribution in [-0.4, -0.2) is 25.9 Å². The Morgan fingerprint density at radius 1 is 1.45 bits per heavy atom. The average molecular weight is 270 g/mol. The SMILES string of the molecule is CC(C)n1c(O)c(/C=C2\C=Nc3ccncc32)[nH]c1=O. The Balaban J connectivity index is 2.10. The summed E-state index contributed by atoms with van der Waals surface area (Å²) in [5, 5.41) is 10.1. The first kappa shape index (κ1) is 12.4. The molecule has 0 fully saturated rings. The van der Waals surface area contributed by atoms with Gasteiger partial charge in [0.1, 0.15) is 5.69 Å². The van der Waals surface area contributed by atoms with Crippen LogP contribution in [0, 0.1) is 0 Å². The van der Waals surface area contributed by atoms with Crippen molar-refractivity contribution in [2.45, 2.75) is 19.9 Å². The predicted molar refractivity (Wildman–Crippen MR) is 77.4 cm³/mol. The van der Waals surface area contributed by atoms with Gasteiger partial charge in [0.2, 0.25) is 5.88 Å². The summed E-state index contributed by atoms with van der Waals surface area (Å²) in [6.45, 7) is 3.67. The Labute approximate surface area is 115 Å². The van der Waals surface area contributed by atoms with Crippen LogP contribution in [0.4, 0.5) is 5.69 Å². The molecule has 20 heavy (non-hydrogen) atoms. The van der Waals surface area contributed by atoms with Crippen LogP contribution in [0.2, 0.25) is 0 Å². The highest BCUT2D eigenvalue weighted by Gasteiger charge is 2.17. The minimum atomic E-state index is -0.328. The summed E-state index contributed by atoms with van der Waals surface area (Å²) in [5.41, 5.74) is 2.56. The summed E-state index contributed by atoms with van der Waals surface area (Å²) < 4.78 is 1.31. The molecule has 0 unspecified atom stereocenters. The van der Waals surface area contributed by atoms with E-state index in [2.05, 4.69) is 15.0 Å². The number of aliphatic imine (C=N–C) groups is 1. The van der Waals surface area contributed by atoms with E-state index in [-0.39, 0.29) is 17.6 Å². The van der Waals surface area contributed by atoms with Crippen LogP contribution in [0.5, 0.6) is 5.88 Å². The number of aromatic hydroxyl groups is 1. The number of pyridine rings is 1. The van der Waals surface area contributed by atoms with Crippen molar-refractivity contribution in [2.75, 3.05) is 0 Å². The Morgan fingerprint density at radius 2 is 2.25 bits per heavy atom. The van der Waals surface area contributed by atoms with Crippen LogP contribution in [0.1, 0.15) is 31.1 Å². The second-order valence-corrected chi connectivity index (χ2v) is 4.88. The molecular formula is C14H14N4O2. The standard InChI is InChI=1S/C14H14N4O2/c1-8(2)18-13(19)12(17-14(18)20)5-9-6-16-11-3-4-15-7-10(9)11/h3-8,19H,1-2H3,(H,17,20)/b9-5+. The molecule has 0 aliphatic carbocycles. The lowest BCUT2D eigenvalue weighted by Crippen LogP contribution is -2.18. The summed E-state index contributed by atoms with van der Waals surface area (Å²) >= 11 is 0. The van der Waals surface area contributed by atoms with E-state index >= 15 is 0 Å². The maximum Gasteiger partial charge on any atom is 0.329 e. The molecule has 1 aliphatic heterocycles. The fourth-order valence-electron chi connectivity index (χ4n) is 2.24. The van der Waals surface area contributed by atoms with Gasteiger partial charge in [0, 0.05) is 35.8 Å². The second kappa shape index (κ2) is 4.48. The molecule has 102 valence electrons. The molecule has 1 aliphatic rings. The van der Waals surface area contributed by atoms with Crippen molar-refractivity contribution >= 4 is 23.6 Å². The normalized spacial score (nSPS) is 15.2. The van der Waals surface area contributed by atoms with Crippen LogP contribution < -0.4 is 5.69 Å². The first-order valence-corrected chi connectivity index (χ1v) is 6.31. The van der Waals surface area contributed by atoms with Gasteiger partial charge < -0.3 is 10.1 Å². The highest BCUT2D eigenvalue weighted by Crippen LogP contribution is 2.32. The van der Waals surface area contributed by atoms with Gasteiger partial charge in [-0.1, -0.05) is 0 Å². The van der Waals surface area contributed by atoms with E-state index in [1.807, 2.05) is 19.9 Å². The van der Waals surface area contributed by atoms with Gasteiger partial charge in [-0.2, -0.15) is 0 Å². The molecule has 2 N–H and O–H groups in total. The number of hydrogen-bond acceptors (Lipinski definition) is 4. The number of hydrogen-bond donors (Lipinski definition) is 2. The first-order chi connectivity index (χ1) is 9.58. The fourth-order valence-corrected chi connectivity index (χ4v) is 2.24. The summed E-state index contributed by atoms with van der Waals surface area (Å²) in [4.78, 5) is 22.8. The zero-order valence-corrected chi connectivity index (χ0v) is 11.2. The Morgan fingerprint density at radius 3 is 2.95 bits per heavy atom. The van der Waals surface area contributed by atoms with Crippen LogP contribution in [0.15, 0.2) is 28.2 Å². The zero-order chi connectivity index (χ0) is 14.3. The van der Waals surface area contributed by atoms with Crippen LogP contribution >= 0.6 is 0 Å². The van der Waals surface area contributed by atoms with Crippen LogP contribution in [0.3, 0.4) is 0 Å². The van der Waals surface area contributed by atoms with Crippen molar-refractivity contribution in [3.05, 3.63) is 40.2 Å². The van der Waals surface area contributed by atoms with Crippen molar-refractivity contribution in [3.8, 4) is 5.88 Å². The molecule has 2 aromatic rings. The number of aromatic amines is 1. The number of aromatic nitrogens is 3. The number of allylic oxidation sites excluding steroid dienone is 1. The summed E-state index contributed by atoms with van der Waals surface area (Å²) in [5.74, 6) is -0.0664. The molecule has 0 aromatic carbocycles. The van der Waals surface area contributed by atoms with E-state index in [1.54, 1.807) is 24.7 Å². The van der Waals surface area contributed by atoms with E-state index in [0.29, 0.717) is 5.69 Å². The number of H-pyrrole nitrogens is 1. The fraction of sp³-hybridized carbons (Fsp3) is 0.214. The van der Waals surface area contributed by atoms with E-state index in [0.717, 1.165) is 16.8 Å². The van der Waals surface area contributed by atoms with Crippen molar-refractivity contribution in [1.82, 2.24) is 14.5 Å². The molecule has 0 spiro atoms. The highest BCUT2D eigenvalue weighted by molar-refractivity contribution is 6.21. The Bertz CT molecular complexity index is 781. The highest BCUT2D eigenvalue weighted by atomic mass is 16.3. The third-order valence-electron chi connectivity index (χ3n) is 3.20. The van der Waals surface area contributed by atoms with Crippen molar-refractivity contribution in [1.29, 1.82) is 0 Å². The van der Waals surface area contributed by atoms with Crippen LogP contribution in [0.25, 0.3) is 11.6 Å². The monoisotopic (exact) mass is 270 g/mol. The number of nitrogens with one attached hydrogen (secondary N) is 1. The van der Waals surface area contributed by atoms with Gasteiger partial charge in [-0.3, -0.25) is 14.5 Å². The minimum absolute atomic E-state index is 0.0664. The van der Waals surface area contributed by atoms with Crippen molar-refractivity contribution in [3.63, 3.8) is 0 Å². The lowest BCUT2D eigenvalue weighted by Gasteiger charge is -2.05. The maximum absolute atomic E-state index is 11.8. The zero-order valence-electron chi connectivity index (χ0n) is 11.2. The van der Waals surface area contributed by atoms with Crippen molar-refractivity contribution in [2.24, 2.45) is 4.99 Å². The molecule has 0 saturated carbocycles. The molecule has 3 rings (SSSR count). The summed E-state index contributed by atoms with van der Waals surface area (Å²) in [6.07, 6.45) is 6.78. The summed E-state index contributed by atoms with van der Waals surface area (Å²) in [7, 11) is 0. The van der Waals surface area contributed by atoms with Gasteiger partial charge in [0.15, 0.2) is 0 Å². The maximum atomic E-state index is 11.8. The van der Waals surface area contributed by atoms with E-state index in [9.17, 15) is 9.90 Å². The number of nitrogens with zero attached hydrogens (tertiary/aromatic N) is 3. The molecular weight excluding hydrogens is 256 g/mol. The van der Waals surface area contributed by atoms with Crippen LogP contribution in [-0.2, 0) is 0 Å². The van der Waals surface area contributed by atoms with Gasteiger partial charge in [0.05, 0.1) is 5.69 Å². The number of rotatable bonds is 2. The predicted octanol–water partition coefficient (Wildman–Crippen LogP) is 2.11. The number of fused-ring (bicyclic) bond motifs is 1. The van der Waals surface area contributed by atoms with Gasteiger partial charge in [-0.25, -0.2) is 4.79 Å². The molecule has 6 nitrogen and oxygen atoms in total. The molecule has 0 atom stereocenters. The summed E-state index contributed by atoms with van der Waals surface area (Å²) in [6, 6.07) is 1.70. The minimum Gasteiger partial charge on any atom is -0.493 e. The molecule has 2 aromatic heterocycles. The van der Waals surface area contributed by atoms with Gasteiger partial charge in [-0.15, -0.1) is 0 Å². The third-order valence-corrected chi connectivity index (χ3v) is 3.20. The van der Waals surface area contributed by atoms with Gasteiger partial charge >= 0.3 is 5.69 Å². The first-order valence-electron chi connectivity index (χ1n) is 6.31. The lowest BCUT2D eigenvalue weighted by atomic mass is 10.1. The topological polar surface area (TPSA) is 83.3 Å². The second-order valence-electron chi connectivity index (χ2n) is 4.88. The largest absolute Gasteiger partial charge is 0.493 e. The van der Waals surface area contributed by atoms with Gasteiger partial charge in [-0.05, 0) is 26.0 Å². The molecule has 0 bridgehead atoms. The average Bonchev–Trinajstić information content (AvgIpc) is 2.93. The molecule has 6 heteroatoms. The third kappa shape index (κ3) is 1.85. The smallest absolute Gasteiger partial charge is 0.329 e. The van der Waals surface area contributed by atoms with E-state index in [1.165, 1.54) is 4.57 Å². The Hall–Kier alpha value is -2.63.